The normalized spacial score (nSPS) is 20.2. The molecule has 1 aromatic heterocycles. The first kappa shape index (κ1) is 10.5. The molecule has 0 spiro atoms. The Morgan fingerprint density at radius 1 is 1.53 bits per heavy atom. The van der Waals surface area contributed by atoms with E-state index in [-0.39, 0.29) is 17.3 Å². The Labute approximate surface area is 97.0 Å². The van der Waals surface area contributed by atoms with Gasteiger partial charge in [-0.2, -0.15) is 0 Å². The van der Waals surface area contributed by atoms with Crippen LogP contribution < -0.4 is 5.69 Å². The van der Waals surface area contributed by atoms with E-state index in [0.29, 0.717) is 12.1 Å². The number of benzene rings is 1. The van der Waals surface area contributed by atoms with Crippen LogP contribution in [0.3, 0.4) is 0 Å². The van der Waals surface area contributed by atoms with Gasteiger partial charge in [0.25, 0.3) is 0 Å². The highest BCUT2D eigenvalue weighted by atomic mass is 19.1. The number of ether oxygens (including phenoxy) is 1. The molecule has 1 atom stereocenters. The van der Waals surface area contributed by atoms with E-state index in [4.69, 9.17) is 4.74 Å². The predicted octanol–water partition coefficient (Wildman–Crippen LogP) is 1.65. The molecule has 1 aliphatic heterocycles. The highest BCUT2D eigenvalue weighted by molar-refractivity contribution is 5.75. The second-order valence-corrected chi connectivity index (χ2v) is 4.31. The molecule has 1 saturated heterocycles. The van der Waals surface area contributed by atoms with Crippen LogP contribution in [0.5, 0.6) is 0 Å². The standard InChI is InChI=1S/C12H13FN2O2/c13-9-4-1-5-10-11(9)14-12(16)15(10)7-8-3-2-6-17-8/h1,4-5,8H,2-3,6-7H2,(H,14,16). The minimum absolute atomic E-state index is 0.0648. The second kappa shape index (κ2) is 4.00. The zero-order valence-corrected chi connectivity index (χ0v) is 9.28. The van der Waals surface area contributed by atoms with Crippen molar-refractivity contribution in [3.05, 3.63) is 34.5 Å². The molecule has 0 amide bonds. The van der Waals surface area contributed by atoms with Gasteiger partial charge in [-0.1, -0.05) is 6.07 Å². The maximum atomic E-state index is 13.5. The van der Waals surface area contributed by atoms with Crippen molar-refractivity contribution < 1.29 is 9.13 Å². The largest absolute Gasteiger partial charge is 0.376 e. The summed E-state index contributed by atoms with van der Waals surface area (Å²) in [5.74, 6) is -0.398. The van der Waals surface area contributed by atoms with Crippen molar-refractivity contribution in [3.8, 4) is 0 Å². The molecule has 1 N–H and O–H groups in total. The van der Waals surface area contributed by atoms with Gasteiger partial charge >= 0.3 is 5.69 Å². The fourth-order valence-electron chi connectivity index (χ4n) is 2.32. The van der Waals surface area contributed by atoms with Gasteiger partial charge in [-0.3, -0.25) is 4.57 Å². The lowest BCUT2D eigenvalue weighted by atomic mass is 10.2. The van der Waals surface area contributed by atoms with Crippen LogP contribution in [0.15, 0.2) is 23.0 Å². The molecule has 17 heavy (non-hydrogen) atoms. The van der Waals surface area contributed by atoms with Crippen LogP contribution in [0.25, 0.3) is 11.0 Å². The van der Waals surface area contributed by atoms with Gasteiger partial charge in [0.2, 0.25) is 0 Å². The van der Waals surface area contributed by atoms with Crippen molar-refractivity contribution in [1.82, 2.24) is 9.55 Å². The van der Waals surface area contributed by atoms with E-state index in [9.17, 15) is 9.18 Å². The highest BCUT2D eigenvalue weighted by Gasteiger charge is 2.19. The summed E-state index contributed by atoms with van der Waals surface area (Å²) in [6.07, 6.45) is 2.04. The van der Waals surface area contributed by atoms with Crippen LogP contribution in [0.2, 0.25) is 0 Å². The molecule has 0 saturated carbocycles. The molecular formula is C12H13FN2O2. The van der Waals surface area contributed by atoms with E-state index < -0.39 is 5.82 Å². The quantitative estimate of drug-likeness (QED) is 0.861. The number of rotatable bonds is 2. The third-order valence-electron chi connectivity index (χ3n) is 3.17. The number of fused-ring (bicyclic) bond motifs is 1. The smallest absolute Gasteiger partial charge is 0.326 e. The van der Waals surface area contributed by atoms with Crippen molar-refractivity contribution in [2.24, 2.45) is 0 Å². The van der Waals surface area contributed by atoms with Crippen molar-refractivity contribution in [2.75, 3.05) is 6.61 Å². The molecule has 0 aliphatic carbocycles. The van der Waals surface area contributed by atoms with Gasteiger partial charge in [-0.25, -0.2) is 9.18 Å². The number of aromatic nitrogens is 2. The van der Waals surface area contributed by atoms with Gasteiger partial charge in [0.05, 0.1) is 18.2 Å². The molecule has 1 fully saturated rings. The number of hydrogen-bond donors (Lipinski definition) is 1. The first-order valence-corrected chi connectivity index (χ1v) is 5.74. The molecule has 1 aromatic carbocycles. The number of imidazole rings is 1. The van der Waals surface area contributed by atoms with E-state index in [1.54, 1.807) is 16.7 Å². The first-order valence-electron chi connectivity index (χ1n) is 5.74. The summed E-state index contributed by atoms with van der Waals surface area (Å²) in [5.41, 5.74) is 0.599. The number of halogens is 1. The number of nitrogens with one attached hydrogen (secondary N) is 1. The Morgan fingerprint density at radius 2 is 2.41 bits per heavy atom. The molecule has 3 rings (SSSR count). The maximum absolute atomic E-state index is 13.5. The summed E-state index contributed by atoms with van der Waals surface area (Å²) in [6.45, 7) is 1.23. The maximum Gasteiger partial charge on any atom is 0.326 e. The summed E-state index contributed by atoms with van der Waals surface area (Å²) in [7, 11) is 0. The van der Waals surface area contributed by atoms with E-state index >= 15 is 0 Å². The number of nitrogens with zero attached hydrogens (tertiary/aromatic N) is 1. The monoisotopic (exact) mass is 236 g/mol. The number of aromatic amines is 1. The predicted molar refractivity (Wildman–Crippen MR) is 61.5 cm³/mol. The van der Waals surface area contributed by atoms with E-state index in [0.717, 1.165) is 19.4 Å². The van der Waals surface area contributed by atoms with Crippen LogP contribution in [0, 0.1) is 5.82 Å². The SMILES string of the molecule is O=c1[nH]c2c(F)cccc2n1CC1CCCO1. The van der Waals surface area contributed by atoms with Gasteiger partial charge in [0.1, 0.15) is 11.3 Å². The molecule has 2 aromatic rings. The van der Waals surface area contributed by atoms with Gasteiger partial charge in [-0.15, -0.1) is 0 Å². The molecule has 1 aliphatic rings. The molecule has 90 valence electrons. The fourth-order valence-corrected chi connectivity index (χ4v) is 2.32. The van der Waals surface area contributed by atoms with Crippen LogP contribution >= 0.6 is 0 Å². The lowest BCUT2D eigenvalue weighted by Crippen LogP contribution is -2.24. The fraction of sp³-hybridized carbons (Fsp3) is 0.417. The number of para-hydroxylation sites is 1. The third kappa shape index (κ3) is 1.76. The topological polar surface area (TPSA) is 47.0 Å². The van der Waals surface area contributed by atoms with Crippen molar-refractivity contribution >= 4 is 11.0 Å². The lowest BCUT2D eigenvalue weighted by molar-refractivity contribution is 0.0972. The zero-order chi connectivity index (χ0) is 11.8. The van der Waals surface area contributed by atoms with Crippen molar-refractivity contribution in [3.63, 3.8) is 0 Å². The summed E-state index contributed by atoms with van der Waals surface area (Å²) in [4.78, 5) is 14.3. The van der Waals surface area contributed by atoms with E-state index in [2.05, 4.69) is 4.98 Å². The lowest BCUT2D eigenvalue weighted by Gasteiger charge is -2.09. The van der Waals surface area contributed by atoms with Gasteiger partial charge < -0.3 is 9.72 Å². The van der Waals surface area contributed by atoms with Gasteiger partial charge in [0, 0.05) is 6.61 Å². The Kier molecular flexibility index (Phi) is 2.48. The highest BCUT2D eigenvalue weighted by Crippen LogP contribution is 2.18. The van der Waals surface area contributed by atoms with Crippen molar-refractivity contribution in [1.29, 1.82) is 0 Å². The van der Waals surface area contributed by atoms with Crippen LogP contribution in [0.1, 0.15) is 12.8 Å². The average molecular weight is 236 g/mol. The summed E-state index contributed by atoms with van der Waals surface area (Å²) >= 11 is 0. The first-order chi connectivity index (χ1) is 8.25. The minimum Gasteiger partial charge on any atom is -0.376 e. The average Bonchev–Trinajstić information content (AvgIpc) is 2.91. The zero-order valence-electron chi connectivity index (χ0n) is 9.28. The molecule has 0 bridgehead atoms. The molecule has 2 heterocycles. The minimum atomic E-state index is -0.398. The molecule has 1 unspecified atom stereocenters. The Morgan fingerprint density at radius 3 is 3.18 bits per heavy atom. The van der Waals surface area contributed by atoms with Gasteiger partial charge in [-0.05, 0) is 25.0 Å². The third-order valence-corrected chi connectivity index (χ3v) is 3.17. The Bertz CT molecular complexity index is 596. The molecule has 4 nitrogen and oxygen atoms in total. The summed E-state index contributed by atoms with van der Waals surface area (Å²) in [6, 6.07) is 4.69. The molecular weight excluding hydrogens is 223 g/mol. The van der Waals surface area contributed by atoms with Gasteiger partial charge in [0.15, 0.2) is 0 Å². The summed E-state index contributed by atoms with van der Waals surface area (Å²) < 4.78 is 20.5. The number of H-pyrrole nitrogens is 1. The van der Waals surface area contributed by atoms with Crippen LogP contribution in [0.4, 0.5) is 4.39 Å². The van der Waals surface area contributed by atoms with E-state index in [1.165, 1.54) is 6.07 Å². The Hall–Kier alpha value is -1.62. The Balaban J connectivity index is 2.06. The molecule has 0 radical (unpaired) electrons. The number of hydrogen-bond acceptors (Lipinski definition) is 2. The van der Waals surface area contributed by atoms with Crippen LogP contribution in [-0.4, -0.2) is 22.3 Å². The summed E-state index contributed by atoms with van der Waals surface area (Å²) in [5, 5.41) is 0. The van der Waals surface area contributed by atoms with Crippen molar-refractivity contribution in [2.45, 2.75) is 25.5 Å². The van der Waals surface area contributed by atoms with Crippen LogP contribution in [-0.2, 0) is 11.3 Å². The molecule has 5 heteroatoms. The van der Waals surface area contributed by atoms with E-state index in [1.807, 2.05) is 0 Å². The second-order valence-electron chi connectivity index (χ2n) is 4.31.